The Bertz CT molecular complexity index is 672. The van der Waals surface area contributed by atoms with Crippen molar-refractivity contribution in [2.24, 2.45) is 0 Å². The fourth-order valence-corrected chi connectivity index (χ4v) is 1.71. The Hall–Kier alpha value is -2.63. The number of aromatic nitrogens is 1. The lowest BCUT2D eigenvalue weighted by atomic mass is 9.99. The van der Waals surface area contributed by atoms with Crippen LogP contribution in [0.15, 0.2) is 34.8 Å². The summed E-state index contributed by atoms with van der Waals surface area (Å²) in [6, 6.07) is 7.24. The van der Waals surface area contributed by atoms with Crippen molar-refractivity contribution in [1.29, 1.82) is 0 Å². The zero-order valence-electron chi connectivity index (χ0n) is 11.8. The molecule has 1 unspecified atom stereocenters. The minimum atomic E-state index is -1.29. The van der Waals surface area contributed by atoms with Crippen molar-refractivity contribution in [3.63, 3.8) is 0 Å². The van der Waals surface area contributed by atoms with Gasteiger partial charge in [-0.05, 0) is 25.5 Å². The van der Waals surface area contributed by atoms with E-state index in [0.29, 0.717) is 17.0 Å². The van der Waals surface area contributed by atoms with Gasteiger partial charge in [0.1, 0.15) is 11.1 Å². The number of oxazole rings is 1. The molecule has 2 rings (SSSR count). The zero-order valence-corrected chi connectivity index (χ0v) is 11.8. The van der Waals surface area contributed by atoms with Crippen LogP contribution in [0.25, 0.3) is 17.2 Å². The summed E-state index contributed by atoms with van der Waals surface area (Å²) in [5.74, 6) is -1.29. The minimum Gasteiger partial charge on any atom is -0.480 e. The highest BCUT2D eigenvalue weighted by molar-refractivity contribution is 5.95. The van der Waals surface area contributed by atoms with Crippen LogP contribution in [-0.4, -0.2) is 27.5 Å². The van der Waals surface area contributed by atoms with Crippen LogP contribution in [0.3, 0.4) is 0 Å². The number of hydrogen-bond donors (Lipinski definition) is 2. The molecule has 0 saturated carbocycles. The lowest BCUT2D eigenvalue weighted by Crippen LogP contribution is -2.51. The number of rotatable bonds is 5. The smallest absolute Gasteiger partial charge is 0.329 e. The fraction of sp³-hybridized carbons (Fsp3) is 0.267. The molecule has 1 aromatic carbocycles. The van der Waals surface area contributed by atoms with Gasteiger partial charge in [0.25, 0.3) is 0 Å². The lowest BCUT2D eigenvalue weighted by molar-refractivity contribution is -0.146. The summed E-state index contributed by atoms with van der Waals surface area (Å²) in [5.41, 5.74) is 0.0332. The molecule has 0 fully saturated rings. The predicted octanol–water partition coefficient (Wildman–Crippen LogP) is 2.21. The molecule has 6 nitrogen and oxygen atoms in total. The molecule has 110 valence electrons. The SMILES string of the molecule is CCC(C)(NC(=O)C=Cc1nc2ccccc2o1)C(=O)O. The molecule has 0 bridgehead atoms. The quantitative estimate of drug-likeness (QED) is 0.823. The Morgan fingerprint density at radius 2 is 2.14 bits per heavy atom. The molecule has 1 heterocycles. The van der Waals surface area contributed by atoms with E-state index in [1.165, 1.54) is 19.1 Å². The molecular weight excluding hydrogens is 272 g/mol. The maximum atomic E-state index is 11.8. The number of benzene rings is 1. The van der Waals surface area contributed by atoms with E-state index in [-0.39, 0.29) is 6.42 Å². The molecule has 21 heavy (non-hydrogen) atoms. The van der Waals surface area contributed by atoms with Crippen LogP contribution in [-0.2, 0) is 9.59 Å². The average molecular weight is 288 g/mol. The number of carbonyl (C=O) groups excluding carboxylic acids is 1. The molecule has 1 atom stereocenters. The Labute approximate surface area is 121 Å². The van der Waals surface area contributed by atoms with Crippen molar-refractivity contribution >= 4 is 29.1 Å². The van der Waals surface area contributed by atoms with Crippen molar-refractivity contribution < 1.29 is 19.1 Å². The number of fused-ring (bicyclic) bond motifs is 1. The summed E-state index contributed by atoms with van der Waals surface area (Å²) in [5, 5.41) is 11.5. The number of carboxylic acid groups (broad SMARTS) is 1. The van der Waals surface area contributed by atoms with Gasteiger partial charge < -0.3 is 14.8 Å². The topological polar surface area (TPSA) is 92.4 Å². The molecule has 2 N–H and O–H groups in total. The first kappa shape index (κ1) is 14.8. The number of carboxylic acids is 1. The summed E-state index contributed by atoms with van der Waals surface area (Å²) < 4.78 is 5.43. The highest BCUT2D eigenvalue weighted by atomic mass is 16.4. The molecular formula is C15H16N2O4. The second kappa shape index (κ2) is 5.78. The number of carbonyl (C=O) groups is 2. The van der Waals surface area contributed by atoms with E-state index in [4.69, 9.17) is 9.52 Å². The fourth-order valence-electron chi connectivity index (χ4n) is 1.71. The van der Waals surface area contributed by atoms with Crippen LogP contribution < -0.4 is 5.32 Å². The summed E-state index contributed by atoms with van der Waals surface area (Å²) in [7, 11) is 0. The molecule has 2 aromatic rings. The predicted molar refractivity (Wildman–Crippen MR) is 77.5 cm³/mol. The average Bonchev–Trinajstić information content (AvgIpc) is 2.87. The normalized spacial score (nSPS) is 14.2. The van der Waals surface area contributed by atoms with Crippen LogP contribution in [0.5, 0.6) is 0 Å². The van der Waals surface area contributed by atoms with E-state index >= 15 is 0 Å². The Morgan fingerprint density at radius 1 is 1.43 bits per heavy atom. The molecule has 1 amide bonds. The highest BCUT2D eigenvalue weighted by Crippen LogP contribution is 2.15. The van der Waals surface area contributed by atoms with Gasteiger partial charge in [-0.2, -0.15) is 0 Å². The van der Waals surface area contributed by atoms with Crippen LogP contribution in [0.2, 0.25) is 0 Å². The Balaban J connectivity index is 2.10. The second-order valence-corrected chi connectivity index (χ2v) is 4.83. The number of aliphatic carboxylic acids is 1. The van der Waals surface area contributed by atoms with Gasteiger partial charge in [-0.15, -0.1) is 0 Å². The van der Waals surface area contributed by atoms with Crippen LogP contribution in [0, 0.1) is 0 Å². The first-order valence-corrected chi connectivity index (χ1v) is 6.54. The van der Waals surface area contributed by atoms with E-state index in [2.05, 4.69) is 10.3 Å². The van der Waals surface area contributed by atoms with Crippen molar-refractivity contribution in [1.82, 2.24) is 10.3 Å². The minimum absolute atomic E-state index is 0.283. The molecule has 0 aliphatic rings. The number of nitrogens with zero attached hydrogens (tertiary/aromatic N) is 1. The summed E-state index contributed by atoms with van der Waals surface area (Å²) in [4.78, 5) is 27.1. The van der Waals surface area contributed by atoms with Gasteiger partial charge in [-0.1, -0.05) is 19.1 Å². The van der Waals surface area contributed by atoms with Gasteiger partial charge in [-0.25, -0.2) is 9.78 Å². The van der Waals surface area contributed by atoms with E-state index in [1.807, 2.05) is 12.1 Å². The molecule has 6 heteroatoms. The molecule has 0 saturated heterocycles. The number of amides is 1. The Morgan fingerprint density at radius 3 is 2.76 bits per heavy atom. The third kappa shape index (κ3) is 3.28. The summed E-state index contributed by atoms with van der Waals surface area (Å²) in [6.07, 6.45) is 2.90. The van der Waals surface area contributed by atoms with Gasteiger partial charge >= 0.3 is 5.97 Å². The number of para-hydroxylation sites is 2. The number of hydrogen-bond acceptors (Lipinski definition) is 4. The molecule has 0 aliphatic heterocycles. The van der Waals surface area contributed by atoms with Crippen molar-refractivity contribution in [2.45, 2.75) is 25.8 Å². The monoisotopic (exact) mass is 288 g/mol. The molecule has 1 aromatic heterocycles. The summed E-state index contributed by atoms with van der Waals surface area (Å²) >= 11 is 0. The van der Waals surface area contributed by atoms with Crippen LogP contribution in [0.1, 0.15) is 26.2 Å². The van der Waals surface area contributed by atoms with E-state index < -0.39 is 17.4 Å². The second-order valence-electron chi connectivity index (χ2n) is 4.83. The zero-order chi connectivity index (χ0) is 15.5. The largest absolute Gasteiger partial charge is 0.480 e. The molecule has 0 radical (unpaired) electrons. The maximum Gasteiger partial charge on any atom is 0.329 e. The van der Waals surface area contributed by atoms with Gasteiger partial charge in [0.15, 0.2) is 5.58 Å². The standard InChI is InChI=1S/C15H16N2O4/c1-3-15(2,14(19)20)17-12(18)8-9-13-16-10-6-4-5-7-11(10)21-13/h4-9H,3H2,1-2H3,(H,17,18)(H,19,20). The van der Waals surface area contributed by atoms with E-state index in [0.717, 1.165) is 0 Å². The third-order valence-electron chi connectivity index (χ3n) is 3.27. The van der Waals surface area contributed by atoms with Gasteiger partial charge in [0, 0.05) is 12.2 Å². The van der Waals surface area contributed by atoms with E-state index in [1.54, 1.807) is 19.1 Å². The summed E-state index contributed by atoms with van der Waals surface area (Å²) in [6.45, 7) is 3.15. The van der Waals surface area contributed by atoms with Gasteiger partial charge in [-0.3, -0.25) is 4.79 Å². The van der Waals surface area contributed by atoms with Crippen molar-refractivity contribution in [2.75, 3.05) is 0 Å². The van der Waals surface area contributed by atoms with Crippen molar-refractivity contribution in [3.05, 3.63) is 36.2 Å². The van der Waals surface area contributed by atoms with Crippen molar-refractivity contribution in [3.8, 4) is 0 Å². The third-order valence-corrected chi connectivity index (χ3v) is 3.27. The molecule has 0 aliphatic carbocycles. The van der Waals surface area contributed by atoms with Crippen LogP contribution >= 0.6 is 0 Å². The van der Waals surface area contributed by atoms with Gasteiger partial charge in [0.05, 0.1) is 0 Å². The lowest BCUT2D eigenvalue weighted by Gasteiger charge is -2.23. The first-order valence-electron chi connectivity index (χ1n) is 6.54. The maximum absolute atomic E-state index is 11.8. The van der Waals surface area contributed by atoms with Crippen LogP contribution in [0.4, 0.5) is 0 Å². The highest BCUT2D eigenvalue weighted by Gasteiger charge is 2.31. The van der Waals surface area contributed by atoms with E-state index in [9.17, 15) is 9.59 Å². The van der Waals surface area contributed by atoms with Gasteiger partial charge in [0.2, 0.25) is 11.8 Å². The Kier molecular flexibility index (Phi) is 4.07. The number of nitrogens with one attached hydrogen (secondary N) is 1. The first-order chi connectivity index (χ1) is 9.94. The molecule has 0 spiro atoms.